The zero-order chi connectivity index (χ0) is 23.3. The molecular weight excluding hydrogens is 512 g/mol. The molecule has 9 heteroatoms. The van der Waals surface area contributed by atoms with Crippen molar-refractivity contribution in [3.05, 3.63) is 56.9 Å². The van der Waals surface area contributed by atoms with E-state index < -0.39 is 0 Å². The number of halogens is 1. The topological polar surface area (TPSA) is 67.9 Å². The number of nitrogens with one attached hydrogen (secondary N) is 1. The summed E-state index contributed by atoms with van der Waals surface area (Å²) in [6.07, 6.45) is 2.61. The van der Waals surface area contributed by atoms with Crippen molar-refractivity contribution in [3.63, 3.8) is 0 Å². The van der Waals surface area contributed by atoms with Crippen molar-refractivity contribution in [1.29, 1.82) is 0 Å². The molecule has 2 aromatic rings. The van der Waals surface area contributed by atoms with E-state index in [1.54, 1.807) is 17.0 Å². The van der Waals surface area contributed by atoms with Crippen molar-refractivity contribution < 1.29 is 19.1 Å². The van der Waals surface area contributed by atoms with Crippen LogP contribution < -0.4 is 14.8 Å². The Labute approximate surface area is 205 Å². The Balaban J connectivity index is 1.73. The molecule has 0 unspecified atom stereocenters. The van der Waals surface area contributed by atoms with Gasteiger partial charge < -0.3 is 14.8 Å². The average molecular weight is 535 g/mol. The summed E-state index contributed by atoms with van der Waals surface area (Å²) in [5.74, 6) is 0.471. The van der Waals surface area contributed by atoms with Crippen molar-refractivity contribution in [2.75, 3.05) is 25.6 Å². The fourth-order valence-electron chi connectivity index (χ4n) is 3.09. The summed E-state index contributed by atoms with van der Waals surface area (Å²) in [7, 11) is 1.52. The summed E-state index contributed by atoms with van der Waals surface area (Å²) >= 11 is 10.1. The Bertz CT molecular complexity index is 1090. The lowest BCUT2D eigenvalue weighted by Crippen LogP contribution is -2.28. The van der Waals surface area contributed by atoms with Crippen LogP contribution in [0.2, 0.25) is 0 Å². The third-order valence-electron chi connectivity index (χ3n) is 4.52. The minimum Gasteiger partial charge on any atom is -0.493 e. The van der Waals surface area contributed by atoms with Gasteiger partial charge in [0.15, 0.2) is 18.1 Å². The number of rotatable bonds is 8. The van der Waals surface area contributed by atoms with Crippen molar-refractivity contribution >= 4 is 67.8 Å². The first kappa shape index (κ1) is 24.3. The molecule has 1 saturated heterocycles. The Morgan fingerprint density at radius 3 is 2.78 bits per heavy atom. The molecule has 0 aliphatic carbocycles. The number of carbonyl (C=O) groups is 2. The second-order valence-corrected chi connectivity index (χ2v) is 9.60. The second-order valence-electron chi connectivity index (χ2n) is 7.07. The maximum atomic E-state index is 12.6. The zero-order valence-corrected chi connectivity index (χ0v) is 21.2. The fraction of sp³-hybridized carbons (Fsp3) is 0.261. The number of hydrogen-bond donors (Lipinski definition) is 1. The first-order valence-electron chi connectivity index (χ1n) is 9.94. The predicted octanol–water partition coefficient (Wildman–Crippen LogP) is 5.39. The van der Waals surface area contributed by atoms with Crippen LogP contribution in [0.25, 0.3) is 6.08 Å². The van der Waals surface area contributed by atoms with Crippen LogP contribution in [-0.4, -0.2) is 41.3 Å². The lowest BCUT2D eigenvalue weighted by Gasteiger charge is -2.14. The molecule has 0 saturated carbocycles. The zero-order valence-electron chi connectivity index (χ0n) is 17.9. The van der Waals surface area contributed by atoms with Crippen molar-refractivity contribution in [2.45, 2.75) is 20.3 Å². The van der Waals surface area contributed by atoms with Gasteiger partial charge in [-0.25, -0.2) is 0 Å². The van der Waals surface area contributed by atoms with Gasteiger partial charge in [0.2, 0.25) is 0 Å². The molecule has 1 N–H and O–H groups in total. The van der Waals surface area contributed by atoms with Crippen LogP contribution in [0.15, 0.2) is 45.8 Å². The molecule has 0 bridgehead atoms. The van der Waals surface area contributed by atoms with Crippen LogP contribution >= 0.6 is 39.9 Å². The Hall–Kier alpha value is -2.36. The first-order chi connectivity index (χ1) is 15.3. The summed E-state index contributed by atoms with van der Waals surface area (Å²) in [6, 6.07) is 11.1. The predicted molar refractivity (Wildman–Crippen MR) is 136 cm³/mol. The van der Waals surface area contributed by atoms with E-state index >= 15 is 0 Å². The molecular formula is C23H23BrN2O4S2. The highest BCUT2D eigenvalue weighted by Gasteiger charge is 2.31. The minimum absolute atomic E-state index is 0.0925. The van der Waals surface area contributed by atoms with E-state index in [1.165, 1.54) is 18.9 Å². The van der Waals surface area contributed by atoms with E-state index in [0.717, 1.165) is 17.5 Å². The smallest absolute Gasteiger partial charge is 0.266 e. The lowest BCUT2D eigenvalue weighted by atomic mass is 10.2. The van der Waals surface area contributed by atoms with Gasteiger partial charge in [0, 0.05) is 12.2 Å². The highest BCUT2D eigenvalue weighted by molar-refractivity contribution is 9.10. The van der Waals surface area contributed by atoms with E-state index in [1.807, 2.05) is 44.2 Å². The number of ether oxygens (including phenoxy) is 2. The van der Waals surface area contributed by atoms with Gasteiger partial charge in [-0.15, -0.1) is 0 Å². The summed E-state index contributed by atoms with van der Waals surface area (Å²) in [5.41, 5.74) is 2.51. The molecule has 1 aliphatic rings. The molecule has 32 heavy (non-hydrogen) atoms. The third-order valence-corrected chi connectivity index (χ3v) is 6.49. The normalized spacial score (nSPS) is 14.8. The van der Waals surface area contributed by atoms with Gasteiger partial charge in [-0.05, 0) is 70.7 Å². The summed E-state index contributed by atoms with van der Waals surface area (Å²) in [5, 5.41) is 2.81. The lowest BCUT2D eigenvalue weighted by molar-refractivity contribution is -0.122. The van der Waals surface area contributed by atoms with Crippen LogP contribution in [0.3, 0.4) is 0 Å². The molecule has 0 atom stereocenters. The second kappa shape index (κ2) is 11.0. The van der Waals surface area contributed by atoms with Gasteiger partial charge in [-0.2, -0.15) is 0 Å². The number of benzene rings is 2. The van der Waals surface area contributed by atoms with E-state index in [-0.39, 0.29) is 18.4 Å². The van der Waals surface area contributed by atoms with E-state index in [0.29, 0.717) is 37.4 Å². The molecule has 1 heterocycles. The Kier molecular flexibility index (Phi) is 8.33. The van der Waals surface area contributed by atoms with Gasteiger partial charge >= 0.3 is 0 Å². The van der Waals surface area contributed by atoms with Gasteiger partial charge in [-0.3, -0.25) is 14.5 Å². The fourth-order valence-corrected chi connectivity index (χ4v) is 4.97. The molecule has 168 valence electrons. The van der Waals surface area contributed by atoms with Crippen molar-refractivity contribution in [2.24, 2.45) is 0 Å². The van der Waals surface area contributed by atoms with Crippen molar-refractivity contribution in [1.82, 2.24) is 4.90 Å². The SMILES string of the molecule is CCCN1C(=O)/C(=C/c2cc(Br)c(OCC(=O)Nc3cccc(C)c3)c(OC)c2)SC1=S. The number of thioether (sulfide) groups is 1. The Morgan fingerprint density at radius 1 is 1.31 bits per heavy atom. The number of nitrogens with zero attached hydrogens (tertiary/aromatic N) is 1. The maximum absolute atomic E-state index is 12.6. The number of thiocarbonyl (C=S) groups is 1. The van der Waals surface area contributed by atoms with Crippen LogP contribution in [0.5, 0.6) is 11.5 Å². The number of carbonyl (C=O) groups excluding carboxylic acids is 2. The number of amides is 2. The molecule has 2 aromatic carbocycles. The highest BCUT2D eigenvalue weighted by Crippen LogP contribution is 2.39. The molecule has 0 spiro atoms. The number of methoxy groups -OCH3 is 1. The summed E-state index contributed by atoms with van der Waals surface area (Å²) in [6.45, 7) is 4.38. The standard InChI is InChI=1S/C23H23BrN2O4S2/c1-4-8-26-22(28)19(32-23(26)31)12-15-10-17(24)21(18(11-15)29-3)30-13-20(27)25-16-7-5-6-14(2)9-16/h5-7,9-12H,4,8,13H2,1-3H3,(H,25,27)/b19-12-. The van der Waals surface area contributed by atoms with Crippen LogP contribution in [0.1, 0.15) is 24.5 Å². The first-order valence-corrected chi connectivity index (χ1v) is 12.0. The molecule has 3 rings (SSSR count). The van der Waals surface area contributed by atoms with E-state index in [4.69, 9.17) is 21.7 Å². The molecule has 1 aliphatic heterocycles. The highest BCUT2D eigenvalue weighted by atomic mass is 79.9. The number of aryl methyl sites for hydroxylation is 1. The van der Waals surface area contributed by atoms with Crippen molar-refractivity contribution in [3.8, 4) is 11.5 Å². The number of anilines is 1. The minimum atomic E-state index is -0.284. The van der Waals surface area contributed by atoms with Gasteiger partial charge in [0.1, 0.15) is 4.32 Å². The molecule has 6 nitrogen and oxygen atoms in total. The van der Waals surface area contributed by atoms with Gasteiger partial charge in [0.05, 0.1) is 16.5 Å². The van der Waals surface area contributed by atoms with Crippen LogP contribution in [0, 0.1) is 6.92 Å². The molecule has 0 aromatic heterocycles. The Morgan fingerprint density at radius 2 is 2.09 bits per heavy atom. The quantitative estimate of drug-likeness (QED) is 0.361. The van der Waals surface area contributed by atoms with Gasteiger partial charge in [0.25, 0.3) is 11.8 Å². The van der Waals surface area contributed by atoms with Gasteiger partial charge in [-0.1, -0.05) is 43.0 Å². The number of hydrogen-bond acceptors (Lipinski definition) is 6. The molecule has 0 radical (unpaired) electrons. The monoisotopic (exact) mass is 534 g/mol. The molecule has 2 amide bonds. The maximum Gasteiger partial charge on any atom is 0.266 e. The van der Waals surface area contributed by atoms with Crippen LogP contribution in [0.4, 0.5) is 5.69 Å². The average Bonchev–Trinajstić information content (AvgIpc) is 3.00. The largest absolute Gasteiger partial charge is 0.493 e. The van der Waals surface area contributed by atoms with Crippen LogP contribution in [-0.2, 0) is 9.59 Å². The van der Waals surface area contributed by atoms with E-state index in [9.17, 15) is 9.59 Å². The third kappa shape index (κ3) is 5.90. The molecule has 1 fully saturated rings. The summed E-state index contributed by atoms with van der Waals surface area (Å²) in [4.78, 5) is 27.1. The summed E-state index contributed by atoms with van der Waals surface area (Å²) < 4.78 is 12.4. The van der Waals surface area contributed by atoms with E-state index in [2.05, 4.69) is 21.2 Å².